The number of carbonyl (C=O) groups is 1. The fourth-order valence-electron chi connectivity index (χ4n) is 3.13. The molecule has 0 radical (unpaired) electrons. The first-order valence-corrected chi connectivity index (χ1v) is 10.6. The van der Waals surface area contributed by atoms with Crippen LogP contribution in [0, 0.1) is 5.92 Å². The van der Waals surface area contributed by atoms with Crippen LogP contribution in [0.25, 0.3) is 0 Å². The molecule has 152 valence electrons. The van der Waals surface area contributed by atoms with Crippen molar-refractivity contribution in [3.8, 4) is 0 Å². The molecule has 0 amide bonds. The molecule has 1 saturated heterocycles. The van der Waals surface area contributed by atoms with Gasteiger partial charge in [-0.3, -0.25) is 4.79 Å². The molecule has 0 aromatic heterocycles. The second-order valence-corrected chi connectivity index (χ2v) is 6.03. The SMILES string of the molecule is CC.CC.CC.CN1CCC(C2=C/C(=C3/C=CC=CC3=O)N(C)C=C2)CC1. The fraction of sp³-hybridized carbons (Fsp3) is 0.542. The summed E-state index contributed by atoms with van der Waals surface area (Å²) in [6, 6.07) is 0. The van der Waals surface area contributed by atoms with Gasteiger partial charge in [-0.25, -0.2) is 0 Å². The molecule has 0 spiro atoms. The summed E-state index contributed by atoms with van der Waals surface area (Å²) in [5, 5.41) is 0. The molecule has 0 atom stereocenters. The number of likely N-dealkylation sites (N-methyl/N-ethyl adjacent to an activating group) is 1. The van der Waals surface area contributed by atoms with E-state index in [2.05, 4.69) is 30.3 Å². The third kappa shape index (κ3) is 7.34. The molecular formula is C24H40N2O. The number of allylic oxidation sites excluding steroid dienone is 8. The number of rotatable bonds is 1. The van der Waals surface area contributed by atoms with E-state index in [0.29, 0.717) is 5.92 Å². The maximum Gasteiger partial charge on any atom is 0.187 e. The lowest BCUT2D eigenvalue weighted by molar-refractivity contribution is -0.111. The topological polar surface area (TPSA) is 23.6 Å². The molecule has 27 heavy (non-hydrogen) atoms. The van der Waals surface area contributed by atoms with Gasteiger partial charge in [0.05, 0.1) is 5.70 Å². The maximum absolute atomic E-state index is 12.1. The van der Waals surface area contributed by atoms with E-state index in [1.54, 1.807) is 12.2 Å². The first-order valence-electron chi connectivity index (χ1n) is 10.6. The third-order valence-electron chi connectivity index (χ3n) is 4.53. The van der Waals surface area contributed by atoms with Gasteiger partial charge in [-0.1, -0.05) is 53.7 Å². The van der Waals surface area contributed by atoms with E-state index in [9.17, 15) is 4.79 Å². The molecule has 0 saturated carbocycles. The van der Waals surface area contributed by atoms with E-state index >= 15 is 0 Å². The smallest absolute Gasteiger partial charge is 0.187 e. The lowest BCUT2D eigenvalue weighted by Crippen LogP contribution is -2.31. The summed E-state index contributed by atoms with van der Waals surface area (Å²) in [7, 11) is 4.18. The van der Waals surface area contributed by atoms with Crippen LogP contribution < -0.4 is 0 Å². The molecule has 3 heteroatoms. The summed E-state index contributed by atoms with van der Waals surface area (Å²) in [6.45, 7) is 14.3. The second-order valence-electron chi connectivity index (χ2n) is 6.03. The molecule has 2 heterocycles. The van der Waals surface area contributed by atoms with Crippen molar-refractivity contribution in [2.24, 2.45) is 5.92 Å². The van der Waals surface area contributed by atoms with E-state index in [4.69, 9.17) is 0 Å². The van der Waals surface area contributed by atoms with Crippen LogP contribution in [0.15, 0.2) is 59.5 Å². The van der Waals surface area contributed by atoms with Gasteiger partial charge in [0.25, 0.3) is 0 Å². The maximum atomic E-state index is 12.1. The number of piperidine rings is 1. The number of ketones is 1. The molecule has 0 bridgehead atoms. The van der Waals surface area contributed by atoms with Crippen LogP contribution in [0.1, 0.15) is 54.4 Å². The highest BCUT2D eigenvalue weighted by Gasteiger charge is 2.23. The zero-order chi connectivity index (χ0) is 20.8. The van der Waals surface area contributed by atoms with E-state index < -0.39 is 0 Å². The van der Waals surface area contributed by atoms with Gasteiger partial charge >= 0.3 is 0 Å². The molecule has 2 aliphatic heterocycles. The van der Waals surface area contributed by atoms with Crippen molar-refractivity contribution in [3.05, 3.63) is 59.5 Å². The summed E-state index contributed by atoms with van der Waals surface area (Å²) in [5.74, 6) is 0.702. The Labute approximate surface area is 167 Å². The molecule has 1 fully saturated rings. The third-order valence-corrected chi connectivity index (χ3v) is 4.53. The van der Waals surface area contributed by atoms with Crippen molar-refractivity contribution in [1.82, 2.24) is 9.80 Å². The standard InChI is InChI=1S/C18H22N2O.3C2H6/c1-19-10-7-14(8-11-19)15-9-12-20(2)17(13-15)16-5-3-4-6-18(16)21;3*1-2/h3-6,9,12-14H,7-8,10-11H2,1-2H3;3*1-2H3/b17-16+;;;. The number of likely N-dealkylation sites (tertiary alicyclic amines) is 1. The van der Waals surface area contributed by atoms with Crippen molar-refractivity contribution in [2.45, 2.75) is 54.4 Å². The molecule has 0 unspecified atom stereocenters. The monoisotopic (exact) mass is 372 g/mol. The molecular weight excluding hydrogens is 332 g/mol. The summed E-state index contributed by atoms with van der Waals surface area (Å²) >= 11 is 0. The summed E-state index contributed by atoms with van der Waals surface area (Å²) in [5.41, 5.74) is 3.16. The highest BCUT2D eigenvalue weighted by molar-refractivity contribution is 6.08. The largest absolute Gasteiger partial charge is 0.350 e. The normalized spacial score (nSPS) is 22.0. The summed E-state index contributed by atoms with van der Waals surface area (Å²) < 4.78 is 0. The van der Waals surface area contributed by atoms with E-state index in [-0.39, 0.29) is 5.78 Å². The summed E-state index contributed by atoms with van der Waals surface area (Å²) in [4.78, 5) is 16.5. The highest BCUT2D eigenvalue weighted by Crippen LogP contribution is 2.30. The Balaban J connectivity index is 0.00000103. The average Bonchev–Trinajstić information content (AvgIpc) is 2.74. The average molecular weight is 373 g/mol. The van der Waals surface area contributed by atoms with Gasteiger partial charge in [0.1, 0.15) is 0 Å². The molecule has 3 aliphatic rings. The first kappa shape index (κ1) is 25.1. The zero-order valence-electron chi connectivity index (χ0n) is 18.7. The van der Waals surface area contributed by atoms with Crippen LogP contribution in [0.5, 0.6) is 0 Å². The first-order chi connectivity index (χ1) is 13.1. The van der Waals surface area contributed by atoms with Gasteiger partial charge in [-0.05, 0) is 68.8 Å². The van der Waals surface area contributed by atoms with Crippen LogP contribution >= 0.6 is 0 Å². The Hall–Kier alpha value is -1.87. The fourth-order valence-corrected chi connectivity index (χ4v) is 3.13. The number of hydrogen-bond acceptors (Lipinski definition) is 3. The number of hydrogen-bond donors (Lipinski definition) is 0. The van der Waals surface area contributed by atoms with Crippen molar-refractivity contribution in [3.63, 3.8) is 0 Å². The molecule has 0 aromatic rings. The van der Waals surface area contributed by atoms with Gasteiger partial charge in [0, 0.05) is 18.8 Å². The molecule has 0 aromatic carbocycles. The summed E-state index contributed by atoms with van der Waals surface area (Å²) in [6.07, 6.45) is 16.2. The Bertz CT molecular complexity index is 586. The quantitative estimate of drug-likeness (QED) is 0.548. The van der Waals surface area contributed by atoms with E-state index in [1.807, 2.05) is 65.6 Å². The molecule has 1 aliphatic carbocycles. The minimum atomic E-state index is 0.0913. The van der Waals surface area contributed by atoms with Crippen molar-refractivity contribution < 1.29 is 4.79 Å². The number of nitrogens with zero attached hydrogens (tertiary/aromatic N) is 2. The van der Waals surface area contributed by atoms with E-state index in [1.165, 1.54) is 18.4 Å². The minimum absolute atomic E-state index is 0.0913. The van der Waals surface area contributed by atoms with Crippen molar-refractivity contribution in [1.29, 1.82) is 0 Å². The van der Waals surface area contributed by atoms with Crippen LogP contribution in [-0.2, 0) is 4.79 Å². The van der Waals surface area contributed by atoms with Crippen molar-refractivity contribution >= 4 is 5.78 Å². The Morgan fingerprint density at radius 1 is 0.852 bits per heavy atom. The predicted molar refractivity (Wildman–Crippen MR) is 120 cm³/mol. The highest BCUT2D eigenvalue weighted by atomic mass is 16.1. The van der Waals surface area contributed by atoms with Crippen LogP contribution in [0.3, 0.4) is 0 Å². The van der Waals surface area contributed by atoms with Gasteiger partial charge in [-0.2, -0.15) is 0 Å². The predicted octanol–water partition coefficient (Wildman–Crippen LogP) is 5.74. The lowest BCUT2D eigenvalue weighted by Gasteiger charge is -2.32. The zero-order valence-corrected chi connectivity index (χ0v) is 18.7. The van der Waals surface area contributed by atoms with Crippen LogP contribution in [0.2, 0.25) is 0 Å². The Kier molecular flexibility index (Phi) is 13.2. The Morgan fingerprint density at radius 3 is 1.96 bits per heavy atom. The second kappa shape index (κ2) is 14.2. The van der Waals surface area contributed by atoms with E-state index in [0.717, 1.165) is 24.4 Å². The van der Waals surface area contributed by atoms with Crippen LogP contribution in [0.4, 0.5) is 0 Å². The van der Waals surface area contributed by atoms with Crippen molar-refractivity contribution in [2.75, 3.05) is 27.2 Å². The van der Waals surface area contributed by atoms with Crippen LogP contribution in [-0.4, -0.2) is 42.8 Å². The molecule has 3 rings (SSSR count). The number of carbonyl (C=O) groups excluding carboxylic acids is 1. The van der Waals surface area contributed by atoms with Gasteiger partial charge < -0.3 is 9.80 Å². The van der Waals surface area contributed by atoms with Gasteiger partial charge in [-0.15, -0.1) is 0 Å². The molecule has 3 nitrogen and oxygen atoms in total. The van der Waals surface area contributed by atoms with Gasteiger partial charge in [0.2, 0.25) is 0 Å². The molecule has 0 N–H and O–H groups in total. The van der Waals surface area contributed by atoms with Gasteiger partial charge in [0.15, 0.2) is 5.78 Å². The minimum Gasteiger partial charge on any atom is -0.350 e. The lowest BCUT2D eigenvalue weighted by atomic mass is 9.87. The Morgan fingerprint density at radius 2 is 1.41 bits per heavy atom.